The lowest BCUT2D eigenvalue weighted by molar-refractivity contribution is -0.121. The third-order valence-corrected chi connectivity index (χ3v) is 6.37. The van der Waals surface area contributed by atoms with Gasteiger partial charge in [0.2, 0.25) is 5.91 Å². The van der Waals surface area contributed by atoms with Crippen molar-refractivity contribution in [1.82, 2.24) is 19.7 Å². The Balaban J connectivity index is 1.47. The molecule has 0 unspecified atom stereocenters. The maximum absolute atomic E-state index is 14.2. The maximum Gasteiger partial charge on any atom is 0.276 e. The zero-order chi connectivity index (χ0) is 25.8. The van der Waals surface area contributed by atoms with E-state index in [2.05, 4.69) is 10.4 Å². The average Bonchev–Trinajstić information content (AvgIpc) is 3.11. The van der Waals surface area contributed by atoms with Crippen molar-refractivity contribution in [2.45, 2.75) is 33.4 Å². The smallest absolute Gasteiger partial charge is 0.276 e. The molecule has 0 aliphatic carbocycles. The van der Waals surface area contributed by atoms with Crippen LogP contribution in [0.4, 0.5) is 4.39 Å². The number of nitrogens with zero attached hydrogens (tertiary/aromatic N) is 3. The number of ether oxygens (including phenoxy) is 2. The normalized spacial score (nSPS) is 11.0. The Morgan fingerprint density at radius 2 is 1.81 bits per heavy atom. The van der Waals surface area contributed by atoms with Crippen LogP contribution in [-0.2, 0) is 24.3 Å². The van der Waals surface area contributed by atoms with E-state index < -0.39 is 0 Å². The van der Waals surface area contributed by atoms with Gasteiger partial charge in [-0.05, 0) is 44.0 Å². The molecule has 2 aromatic carbocycles. The van der Waals surface area contributed by atoms with Gasteiger partial charge in [0.15, 0.2) is 11.5 Å². The Morgan fingerprint density at radius 3 is 2.53 bits per heavy atom. The molecule has 0 saturated carbocycles. The molecule has 0 bridgehead atoms. The van der Waals surface area contributed by atoms with Crippen molar-refractivity contribution in [3.63, 3.8) is 0 Å². The third kappa shape index (κ3) is 4.95. The summed E-state index contributed by atoms with van der Waals surface area (Å²) in [7, 11) is 3.15. The van der Waals surface area contributed by atoms with Gasteiger partial charge in [0, 0.05) is 28.9 Å². The van der Waals surface area contributed by atoms with E-state index in [1.54, 1.807) is 38.6 Å². The van der Waals surface area contributed by atoms with Gasteiger partial charge in [-0.2, -0.15) is 5.10 Å². The van der Waals surface area contributed by atoms with Crippen LogP contribution in [0.15, 0.2) is 53.5 Å². The number of benzene rings is 2. The van der Waals surface area contributed by atoms with E-state index in [-0.39, 0.29) is 23.8 Å². The van der Waals surface area contributed by atoms with Crippen LogP contribution in [0.5, 0.6) is 11.5 Å². The maximum atomic E-state index is 14.2. The van der Waals surface area contributed by atoms with Crippen LogP contribution in [-0.4, -0.2) is 41.0 Å². The number of amides is 1. The fraction of sp³-hybridized carbons (Fsp3) is 0.296. The van der Waals surface area contributed by atoms with Crippen LogP contribution in [0.3, 0.4) is 0 Å². The molecule has 9 heteroatoms. The Hall–Kier alpha value is -4.14. The van der Waals surface area contributed by atoms with E-state index in [1.807, 2.05) is 36.6 Å². The molecule has 0 saturated heterocycles. The van der Waals surface area contributed by atoms with Crippen LogP contribution >= 0.6 is 0 Å². The van der Waals surface area contributed by atoms with Gasteiger partial charge in [-0.1, -0.05) is 24.3 Å². The summed E-state index contributed by atoms with van der Waals surface area (Å²) >= 11 is 0. The molecule has 36 heavy (non-hydrogen) atoms. The number of carbonyl (C=O) groups is 1. The van der Waals surface area contributed by atoms with Crippen molar-refractivity contribution in [3.8, 4) is 11.5 Å². The van der Waals surface area contributed by atoms with Gasteiger partial charge in [-0.25, -0.2) is 9.07 Å². The standard InChI is InChI=1S/C27H29FN4O4/c1-17-21-14-30-32(16-25(33)29-12-11-19-9-10-23(35-3)24(13-19)36-4)27(34)26(21)18(2)31(17)15-20-7-5-6-8-22(20)28/h5-10,13-14H,11-12,15-16H2,1-4H3,(H,29,33). The highest BCUT2D eigenvalue weighted by Gasteiger charge is 2.18. The predicted molar refractivity (Wildman–Crippen MR) is 135 cm³/mol. The molecule has 0 aliphatic heterocycles. The monoisotopic (exact) mass is 492 g/mol. The van der Waals surface area contributed by atoms with E-state index in [1.165, 1.54) is 6.07 Å². The highest BCUT2D eigenvalue weighted by molar-refractivity contribution is 5.87. The second-order valence-electron chi connectivity index (χ2n) is 8.53. The Kier molecular flexibility index (Phi) is 7.38. The minimum Gasteiger partial charge on any atom is -0.493 e. The molecule has 1 amide bonds. The van der Waals surface area contributed by atoms with Crippen LogP contribution < -0.4 is 20.3 Å². The summed E-state index contributed by atoms with van der Waals surface area (Å²) in [5.74, 6) is 0.649. The lowest BCUT2D eigenvalue weighted by Crippen LogP contribution is -2.34. The summed E-state index contributed by atoms with van der Waals surface area (Å²) in [6.45, 7) is 4.20. The van der Waals surface area contributed by atoms with Gasteiger partial charge in [-0.15, -0.1) is 0 Å². The second-order valence-corrected chi connectivity index (χ2v) is 8.53. The molecular weight excluding hydrogens is 463 g/mol. The van der Waals surface area contributed by atoms with E-state index in [9.17, 15) is 14.0 Å². The van der Waals surface area contributed by atoms with Crippen molar-refractivity contribution in [3.05, 3.63) is 87.3 Å². The zero-order valence-corrected chi connectivity index (χ0v) is 20.8. The molecule has 0 radical (unpaired) electrons. The summed E-state index contributed by atoms with van der Waals surface area (Å²) in [6.07, 6.45) is 2.18. The number of aryl methyl sites for hydroxylation is 2. The molecule has 188 valence electrons. The Labute approximate surface area is 208 Å². The van der Waals surface area contributed by atoms with Gasteiger partial charge < -0.3 is 19.4 Å². The molecule has 4 rings (SSSR count). The number of hydrogen-bond acceptors (Lipinski definition) is 5. The van der Waals surface area contributed by atoms with E-state index in [0.717, 1.165) is 15.9 Å². The molecule has 0 spiro atoms. The molecule has 0 atom stereocenters. The third-order valence-electron chi connectivity index (χ3n) is 6.37. The van der Waals surface area contributed by atoms with Gasteiger partial charge >= 0.3 is 0 Å². The number of halogens is 1. The number of carbonyl (C=O) groups excluding carboxylic acids is 1. The molecule has 0 fully saturated rings. The number of hydrogen-bond donors (Lipinski definition) is 1. The fourth-order valence-electron chi connectivity index (χ4n) is 4.37. The number of methoxy groups -OCH3 is 2. The highest BCUT2D eigenvalue weighted by Crippen LogP contribution is 2.27. The van der Waals surface area contributed by atoms with E-state index in [4.69, 9.17) is 9.47 Å². The summed E-state index contributed by atoms with van der Waals surface area (Å²) in [6, 6.07) is 12.2. The molecule has 0 aliphatic rings. The number of nitrogens with one attached hydrogen (secondary N) is 1. The first-order valence-corrected chi connectivity index (χ1v) is 11.6. The van der Waals surface area contributed by atoms with Gasteiger partial charge in [-0.3, -0.25) is 9.59 Å². The molecular formula is C27H29FN4O4. The van der Waals surface area contributed by atoms with Crippen molar-refractivity contribution < 1.29 is 18.7 Å². The summed E-state index contributed by atoms with van der Waals surface area (Å²) in [5.41, 5.74) is 2.69. The SMILES string of the molecule is COc1ccc(CCNC(=O)Cn2ncc3c(C)n(Cc4ccccc4F)c(C)c3c2=O)cc1OC. The number of aromatic nitrogens is 3. The lowest BCUT2D eigenvalue weighted by atomic mass is 10.1. The molecule has 2 heterocycles. The van der Waals surface area contributed by atoms with Gasteiger partial charge in [0.05, 0.1) is 32.3 Å². The van der Waals surface area contributed by atoms with E-state index >= 15 is 0 Å². The summed E-state index contributed by atoms with van der Waals surface area (Å²) < 4.78 is 27.8. The topological polar surface area (TPSA) is 87.4 Å². The highest BCUT2D eigenvalue weighted by atomic mass is 19.1. The minimum atomic E-state index is -0.351. The van der Waals surface area contributed by atoms with Crippen molar-refractivity contribution in [2.24, 2.45) is 0 Å². The first-order chi connectivity index (χ1) is 17.3. The van der Waals surface area contributed by atoms with Crippen LogP contribution in [0.25, 0.3) is 10.8 Å². The zero-order valence-electron chi connectivity index (χ0n) is 20.8. The Bertz CT molecular complexity index is 1470. The molecule has 1 N–H and O–H groups in total. The minimum absolute atomic E-state index is 0.197. The quantitative estimate of drug-likeness (QED) is 0.387. The number of fused-ring (bicyclic) bond motifs is 1. The van der Waals surface area contributed by atoms with Crippen molar-refractivity contribution in [1.29, 1.82) is 0 Å². The first kappa shape index (κ1) is 25.0. The molecule has 4 aromatic rings. The lowest BCUT2D eigenvalue weighted by Gasteiger charge is -2.10. The van der Waals surface area contributed by atoms with Crippen LogP contribution in [0.1, 0.15) is 22.5 Å². The summed E-state index contributed by atoms with van der Waals surface area (Å²) in [4.78, 5) is 25.8. The average molecular weight is 493 g/mol. The van der Waals surface area contributed by atoms with Crippen LogP contribution in [0, 0.1) is 19.7 Å². The van der Waals surface area contributed by atoms with E-state index in [0.29, 0.717) is 53.0 Å². The molecule has 2 aromatic heterocycles. The first-order valence-electron chi connectivity index (χ1n) is 11.6. The molecule has 8 nitrogen and oxygen atoms in total. The second kappa shape index (κ2) is 10.6. The number of rotatable bonds is 9. The van der Waals surface area contributed by atoms with Crippen LogP contribution in [0.2, 0.25) is 0 Å². The van der Waals surface area contributed by atoms with Gasteiger partial charge in [0.1, 0.15) is 12.4 Å². The largest absolute Gasteiger partial charge is 0.493 e. The summed E-state index contributed by atoms with van der Waals surface area (Å²) in [5, 5.41) is 8.23. The fourth-order valence-corrected chi connectivity index (χ4v) is 4.37. The van der Waals surface area contributed by atoms with Gasteiger partial charge in [0.25, 0.3) is 5.56 Å². The van der Waals surface area contributed by atoms with Crippen molar-refractivity contribution in [2.75, 3.05) is 20.8 Å². The van der Waals surface area contributed by atoms with Crippen molar-refractivity contribution >= 4 is 16.7 Å². The Morgan fingerprint density at radius 1 is 1.06 bits per heavy atom. The predicted octanol–water partition coefficient (Wildman–Crippen LogP) is 3.38.